The Balaban J connectivity index is 1.63. The molecule has 2 amide bonds. The van der Waals surface area contributed by atoms with Crippen LogP contribution in [-0.4, -0.2) is 45.8 Å². The van der Waals surface area contributed by atoms with Crippen molar-refractivity contribution in [3.63, 3.8) is 0 Å². The first-order valence-electron chi connectivity index (χ1n) is 9.08. The van der Waals surface area contributed by atoms with Crippen LogP contribution in [0.15, 0.2) is 23.1 Å². The lowest BCUT2D eigenvalue weighted by Crippen LogP contribution is -2.53. The summed E-state index contributed by atoms with van der Waals surface area (Å²) in [6.45, 7) is 0.292. The van der Waals surface area contributed by atoms with Crippen molar-refractivity contribution < 1.29 is 32.6 Å². The van der Waals surface area contributed by atoms with Gasteiger partial charge in [-0.15, -0.1) is 0 Å². The molecule has 2 aliphatic rings. The number of halogens is 3. The van der Waals surface area contributed by atoms with Crippen molar-refractivity contribution >= 4 is 11.8 Å². The Labute approximate surface area is 167 Å². The molecule has 0 aliphatic carbocycles. The van der Waals surface area contributed by atoms with Crippen LogP contribution in [0.5, 0.6) is 5.75 Å². The van der Waals surface area contributed by atoms with E-state index >= 15 is 0 Å². The number of aromatic nitrogens is 1. The second-order valence-corrected chi connectivity index (χ2v) is 6.93. The maximum absolute atomic E-state index is 13.7. The van der Waals surface area contributed by atoms with E-state index in [0.29, 0.717) is 31.7 Å². The number of hydrogen-bond donors (Lipinski definition) is 2. The van der Waals surface area contributed by atoms with Crippen LogP contribution in [0.4, 0.5) is 13.2 Å². The minimum absolute atomic E-state index is 0.0937. The third kappa shape index (κ3) is 3.30. The molecule has 0 radical (unpaired) electrons. The summed E-state index contributed by atoms with van der Waals surface area (Å²) in [6, 6.07) is 0.928. The molecule has 2 aliphatic heterocycles. The van der Waals surface area contributed by atoms with E-state index in [0.717, 1.165) is 6.20 Å². The Morgan fingerprint density at radius 1 is 1.23 bits per heavy atom. The fourth-order valence-corrected chi connectivity index (χ4v) is 3.56. The van der Waals surface area contributed by atoms with E-state index in [1.54, 1.807) is 0 Å². The van der Waals surface area contributed by atoms with Crippen LogP contribution >= 0.6 is 0 Å². The van der Waals surface area contributed by atoms with E-state index in [4.69, 9.17) is 4.74 Å². The summed E-state index contributed by atoms with van der Waals surface area (Å²) in [6.07, 6.45) is 1.11. The number of nitrogens with zero attached hydrogens (tertiary/aromatic N) is 2. The number of carbonyl (C=O) groups is 2. The summed E-state index contributed by atoms with van der Waals surface area (Å²) in [5.74, 6) is -6.01. The smallest absolute Gasteiger partial charge is 0.276 e. The highest BCUT2D eigenvalue weighted by Gasteiger charge is 2.38. The molecule has 1 fully saturated rings. The number of fused-ring (bicyclic) bond motifs is 2. The normalized spacial score (nSPS) is 18.0. The molecular weight excluding hydrogens is 407 g/mol. The number of hydrogen-bond acceptors (Lipinski definition) is 5. The summed E-state index contributed by atoms with van der Waals surface area (Å²) in [5.41, 5.74) is -2.46. The second kappa shape index (κ2) is 7.48. The van der Waals surface area contributed by atoms with Crippen molar-refractivity contribution in [2.75, 3.05) is 13.2 Å². The van der Waals surface area contributed by atoms with Gasteiger partial charge in [-0.25, -0.2) is 13.2 Å². The Morgan fingerprint density at radius 2 is 1.93 bits per heavy atom. The number of benzene rings is 1. The molecule has 3 heterocycles. The van der Waals surface area contributed by atoms with Gasteiger partial charge >= 0.3 is 0 Å². The van der Waals surface area contributed by atoms with E-state index in [9.17, 15) is 32.7 Å². The molecule has 0 bridgehead atoms. The van der Waals surface area contributed by atoms with Gasteiger partial charge in [0.2, 0.25) is 5.43 Å². The lowest BCUT2D eigenvalue weighted by Gasteiger charge is -2.40. The molecule has 1 atom stereocenters. The Bertz CT molecular complexity index is 1090. The zero-order chi connectivity index (χ0) is 21.6. The molecule has 0 saturated carbocycles. The minimum atomic E-state index is -1.20. The number of aromatic hydroxyl groups is 1. The van der Waals surface area contributed by atoms with Gasteiger partial charge < -0.3 is 24.6 Å². The summed E-state index contributed by atoms with van der Waals surface area (Å²) < 4.78 is 47.3. The first kappa shape index (κ1) is 20.0. The van der Waals surface area contributed by atoms with Crippen LogP contribution in [0, 0.1) is 17.5 Å². The maximum atomic E-state index is 13.7. The van der Waals surface area contributed by atoms with E-state index in [1.165, 1.54) is 9.47 Å². The number of rotatable bonds is 3. The quantitative estimate of drug-likeness (QED) is 0.770. The number of pyridine rings is 1. The minimum Gasteiger partial charge on any atom is -0.503 e. The van der Waals surface area contributed by atoms with Crippen molar-refractivity contribution in [3.8, 4) is 5.75 Å². The third-order valence-corrected chi connectivity index (χ3v) is 5.05. The SMILES string of the molecule is O=C(NCc1c(F)cc(F)cc1F)c1cn2c(c(O)c1=O)C(=O)N1CCCOC1C2. The Hall–Kier alpha value is -3.34. The highest BCUT2D eigenvalue weighted by atomic mass is 19.1. The van der Waals surface area contributed by atoms with E-state index in [1.807, 2.05) is 0 Å². The highest BCUT2D eigenvalue weighted by Crippen LogP contribution is 2.26. The molecule has 0 spiro atoms. The zero-order valence-electron chi connectivity index (χ0n) is 15.5. The van der Waals surface area contributed by atoms with Gasteiger partial charge in [-0.3, -0.25) is 14.4 Å². The molecule has 158 valence electrons. The van der Waals surface area contributed by atoms with Crippen LogP contribution in [0.1, 0.15) is 32.8 Å². The molecular formula is C19H16F3N3O5. The molecule has 4 rings (SSSR count). The van der Waals surface area contributed by atoms with Crippen molar-refractivity contribution in [2.45, 2.75) is 25.7 Å². The summed E-state index contributed by atoms with van der Waals surface area (Å²) in [5, 5.41) is 12.4. The fourth-order valence-electron chi connectivity index (χ4n) is 3.56. The van der Waals surface area contributed by atoms with E-state index in [-0.39, 0.29) is 12.2 Å². The first-order valence-corrected chi connectivity index (χ1v) is 9.08. The molecule has 2 N–H and O–H groups in total. The Kier molecular flexibility index (Phi) is 4.98. The molecule has 1 aromatic heterocycles. The molecule has 11 heteroatoms. The lowest BCUT2D eigenvalue weighted by molar-refractivity contribution is -0.0920. The van der Waals surface area contributed by atoms with Gasteiger partial charge in [0.05, 0.1) is 13.2 Å². The van der Waals surface area contributed by atoms with Gasteiger partial charge in [-0.1, -0.05) is 0 Å². The first-order chi connectivity index (χ1) is 14.3. The maximum Gasteiger partial charge on any atom is 0.276 e. The van der Waals surface area contributed by atoms with Gasteiger partial charge in [0.15, 0.2) is 17.7 Å². The van der Waals surface area contributed by atoms with Crippen LogP contribution in [0.2, 0.25) is 0 Å². The van der Waals surface area contributed by atoms with Crippen molar-refractivity contribution in [2.24, 2.45) is 0 Å². The fraction of sp³-hybridized carbons (Fsp3) is 0.316. The Morgan fingerprint density at radius 3 is 2.63 bits per heavy atom. The lowest BCUT2D eigenvalue weighted by atomic mass is 10.1. The molecule has 2 aromatic rings. The van der Waals surface area contributed by atoms with Gasteiger partial charge in [-0.2, -0.15) is 0 Å². The predicted octanol–water partition coefficient (Wildman–Crippen LogP) is 1.10. The van der Waals surface area contributed by atoms with Crippen molar-refractivity contribution in [3.05, 3.63) is 62.8 Å². The molecule has 1 unspecified atom stereocenters. The number of carbonyl (C=O) groups excluding carboxylic acids is 2. The zero-order valence-corrected chi connectivity index (χ0v) is 15.5. The third-order valence-electron chi connectivity index (χ3n) is 5.05. The highest BCUT2D eigenvalue weighted by molar-refractivity contribution is 5.99. The van der Waals surface area contributed by atoms with Gasteiger partial charge in [-0.05, 0) is 6.42 Å². The number of ether oxygens (including phenoxy) is 1. The summed E-state index contributed by atoms with van der Waals surface area (Å²) in [7, 11) is 0. The van der Waals surface area contributed by atoms with Crippen LogP contribution < -0.4 is 10.7 Å². The van der Waals surface area contributed by atoms with Crippen LogP contribution in [0.3, 0.4) is 0 Å². The molecule has 1 saturated heterocycles. The average molecular weight is 423 g/mol. The second-order valence-electron chi connectivity index (χ2n) is 6.93. The number of nitrogens with one attached hydrogen (secondary N) is 1. The van der Waals surface area contributed by atoms with Gasteiger partial charge in [0.1, 0.15) is 23.0 Å². The van der Waals surface area contributed by atoms with Gasteiger partial charge in [0.25, 0.3) is 11.8 Å². The summed E-state index contributed by atoms with van der Waals surface area (Å²) >= 11 is 0. The van der Waals surface area contributed by atoms with Crippen LogP contribution in [0.25, 0.3) is 0 Å². The monoisotopic (exact) mass is 423 g/mol. The molecule has 30 heavy (non-hydrogen) atoms. The standard InChI is InChI=1S/C19H16F3N3O5/c20-9-4-12(21)10(13(22)5-9)6-23-18(28)11-7-24-8-14-25(2-1-3-30-14)19(29)15(24)17(27)16(11)26/h4-5,7,14,27H,1-3,6,8H2,(H,23,28). The molecule has 1 aromatic carbocycles. The van der Waals surface area contributed by atoms with Crippen molar-refractivity contribution in [1.29, 1.82) is 0 Å². The van der Waals surface area contributed by atoms with E-state index < -0.39 is 64.3 Å². The average Bonchev–Trinajstić information content (AvgIpc) is 2.69. The van der Waals surface area contributed by atoms with Gasteiger partial charge in [0, 0.05) is 37.0 Å². The van der Waals surface area contributed by atoms with Crippen LogP contribution in [-0.2, 0) is 17.8 Å². The van der Waals surface area contributed by atoms with E-state index in [2.05, 4.69) is 5.32 Å². The predicted molar refractivity (Wildman–Crippen MR) is 95.2 cm³/mol. The molecule has 8 nitrogen and oxygen atoms in total. The largest absolute Gasteiger partial charge is 0.503 e. The summed E-state index contributed by atoms with van der Waals surface area (Å²) in [4.78, 5) is 38.9. The number of amides is 2. The van der Waals surface area contributed by atoms with Crippen molar-refractivity contribution in [1.82, 2.24) is 14.8 Å². The topological polar surface area (TPSA) is 101 Å².